The summed E-state index contributed by atoms with van der Waals surface area (Å²) in [4.78, 5) is 0. The van der Waals surface area contributed by atoms with Crippen molar-refractivity contribution in [1.29, 1.82) is 0 Å². The predicted octanol–water partition coefficient (Wildman–Crippen LogP) is 4.93. The van der Waals surface area contributed by atoms with E-state index in [4.69, 9.17) is 67.5 Å². The fourth-order valence-electron chi connectivity index (χ4n) is 1.04. The molecule has 0 amide bonds. The lowest BCUT2D eigenvalue weighted by atomic mass is 10.3. The van der Waals surface area contributed by atoms with E-state index in [1.807, 2.05) is 0 Å². The van der Waals surface area contributed by atoms with Crippen LogP contribution in [-0.2, 0) is 4.74 Å². The molecule has 0 radical (unpaired) electrons. The number of hydrogen-bond acceptors (Lipinski definition) is 2. The Balaban J connectivity index is 2.62. The van der Waals surface area contributed by atoms with Crippen LogP contribution in [0.25, 0.3) is 0 Å². The molecule has 0 aromatic heterocycles. The van der Waals surface area contributed by atoms with Crippen molar-refractivity contribution in [3.63, 3.8) is 0 Å². The molecule has 0 spiro atoms. The van der Waals surface area contributed by atoms with Gasteiger partial charge in [0.15, 0.2) is 5.75 Å². The first-order valence-electron chi connectivity index (χ1n) is 4.67. The minimum absolute atomic E-state index is 0.196. The van der Waals surface area contributed by atoms with Crippen LogP contribution < -0.4 is 4.74 Å². The topological polar surface area (TPSA) is 18.5 Å². The molecule has 2 nitrogen and oxygen atoms in total. The van der Waals surface area contributed by atoms with Crippen molar-refractivity contribution in [2.75, 3.05) is 25.7 Å². The highest BCUT2D eigenvalue weighted by Gasteiger charge is 2.14. The molecule has 0 bridgehead atoms. The summed E-state index contributed by atoms with van der Waals surface area (Å²) in [7, 11) is 0. The fourth-order valence-corrected chi connectivity index (χ4v) is 2.16. The maximum absolute atomic E-state index is 5.96. The van der Waals surface area contributed by atoms with Gasteiger partial charge < -0.3 is 9.47 Å². The van der Waals surface area contributed by atoms with Crippen LogP contribution in [0.3, 0.4) is 0 Å². The number of alkyl halides is 1. The van der Waals surface area contributed by atoms with E-state index < -0.39 is 0 Å². The number of rotatable bonds is 6. The number of benzene rings is 1. The van der Waals surface area contributed by atoms with Gasteiger partial charge in [0.05, 0.1) is 28.3 Å². The lowest BCUT2D eigenvalue weighted by Gasteiger charge is -2.11. The Kier molecular flexibility index (Phi) is 7.08. The molecule has 1 aromatic carbocycles. The van der Waals surface area contributed by atoms with Gasteiger partial charge in [0.2, 0.25) is 0 Å². The van der Waals surface area contributed by atoms with E-state index >= 15 is 0 Å². The lowest BCUT2D eigenvalue weighted by molar-refractivity contribution is 0.111. The van der Waals surface area contributed by atoms with Gasteiger partial charge in [0, 0.05) is 5.88 Å². The van der Waals surface area contributed by atoms with Crippen LogP contribution in [0.5, 0.6) is 5.75 Å². The summed E-state index contributed by atoms with van der Waals surface area (Å²) in [6, 6.07) is 1.48. The summed E-state index contributed by atoms with van der Waals surface area (Å²) in [5, 5.41) is 1.00. The van der Waals surface area contributed by atoms with Crippen molar-refractivity contribution >= 4 is 58.0 Å². The Morgan fingerprint density at radius 2 is 1.59 bits per heavy atom. The third-order valence-electron chi connectivity index (χ3n) is 1.77. The smallest absolute Gasteiger partial charge is 0.158 e. The van der Waals surface area contributed by atoms with Crippen molar-refractivity contribution in [2.24, 2.45) is 0 Å². The van der Waals surface area contributed by atoms with E-state index in [0.29, 0.717) is 36.5 Å². The molecule has 17 heavy (non-hydrogen) atoms. The molecule has 0 unspecified atom stereocenters. The molecule has 7 heteroatoms. The van der Waals surface area contributed by atoms with Gasteiger partial charge in [-0.3, -0.25) is 0 Å². The van der Waals surface area contributed by atoms with E-state index in [-0.39, 0.29) is 15.1 Å². The normalized spacial score (nSPS) is 10.6. The highest BCUT2D eigenvalue weighted by Crippen LogP contribution is 2.42. The van der Waals surface area contributed by atoms with Crippen LogP contribution in [0.15, 0.2) is 6.07 Å². The Morgan fingerprint density at radius 3 is 2.24 bits per heavy atom. The molecule has 0 aliphatic rings. The minimum atomic E-state index is 0.196. The first kappa shape index (κ1) is 15.5. The third-order valence-corrected chi connectivity index (χ3v) is 3.45. The Hall–Kier alpha value is 0.430. The van der Waals surface area contributed by atoms with Crippen molar-refractivity contribution < 1.29 is 9.47 Å². The first-order chi connectivity index (χ1) is 8.07. The van der Waals surface area contributed by atoms with Gasteiger partial charge in [0.1, 0.15) is 11.6 Å². The largest absolute Gasteiger partial charge is 0.488 e. The second-order valence-corrected chi connectivity index (χ2v) is 4.90. The maximum Gasteiger partial charge on any atom is 0.158 e. The number of hydrogen-bond donors (Lipinski definition) is 0. The zero-order valence-corrected chi connectivity index (χ0v) is 12.4. The molecule has 0 aliphatic heterocycles. The summed E-state index contributed by atoms with van der Waals surface area (Å²) in [6.07, 6.45) is 0. The molecular weight excluding hydrogens is 329 g/mol. The number of ether oxygens (including phenoxy) is 2. The van der Waals surface area contributed by atoms with Crippen molar-refractivity contribution in [3.8, 4) is 5.75 Å². The molecule has 0 aliphatic carbocycles. The summed E-state index contributed by atoms with van der Waals surface area (Å²) in [6.45, 7) is 1.15. The van der Waals surface area contributed by atoms with Crippen molar-refractivity contribution in [3.05, 3.63) is 26.2 Å². The van der Waals surface area contributed by atoms with Gasteiger partial charge >= 0.3 is 0 Å². The van der Waals surface area contributed by atoms with E-state index in [2.05, 4.69) is 0 Å². The zero-order valence-electron chi connectivity index (χ0n) is 8.61. The lowest BCUT2D eigenvalue weighted by Crippen LogP contribution is -2.08. The van der Waals surface area contributed by atoms with Crippen molar-refractivity contribution in [1.82, 2.24) is 0 Å². The molecule has 0 N–H and O–H groups in total. The van der Waals surface area contributed by atoms with Gasteiger partial charge in [-0.25, -0.2) is 0 Å². The minimum Gasteiger partial charge on any atom is -0.488 e. The molecule has 96 valence electrons. The predicted molar refractivity (Wildman–Crippen MR) is 73.5 cm³/mol. The molecule has 0 saturated carbocycles. The van der Waals surface area contributed by atoms with E-state index in [1.165, 1.54) is 6.07 Å². The Labute approximate surface area is 125 Å². The molecule has 0 atom stereocenters. The van der Waals surface area contributed by atoms with Crippen LogP contribution in [-0.4, -0.2) is 25.7 Å². The quantitative estimate of drug-likeness (QED) is 0.317. The summed E-state index contributed by atoms with van der Waals surface area (Å²) in [5.74, 6) is 0.742. The first-order valence-corrected chi connectivity index (χ1v) is 6.72. The van der Waals surface area contributed by atoms with Crippen LogP contribution >= 0.6 is 58.0 Å². The van der Waals surface area contributed by atoms with E-state index in [9.17, 15) is 0 Å². The molecule has 1 rings (SSSR count). The molecule has 1 aromatic rings. The van der Waals surface area contributed by atoms with E-state index in [0.717, 1.165) is 0 Å². The van der Waals surface area contributed by atoms with Crippen LogP contribution in [0.4, 0.5) is 0 Å². The maximum atomic E-state index is 5.96. The van der Waals surface area contributed by atoms with Crippen LogP contribution in [0, 0.1) is 0 Å². The second kappa shape index (κ2) is 7.78. The van der Waals surface area contributed by atoms with Crippen LogP contribution in [0.1, 0.15) is 0 Å². The highest BCUT2D eigenvalue weighted by molar-refractivity contribution is 6.50. The Morgan fingerprint density at radius 1 is 0.882 bits per heavy atom. The summed E-state index contributed by atoms with van der Waals surface area (Å²) in [5.41, 5.74) is 0. The van der Waals surface area contributed by atoms with Crippen molar-refractivity contribution in [2.45, 2.75) is 0 Å². The molecule has 0 fully saturated rings. The van der Waals surface area contributed by atoms with E-state index in [1.54, 1.807) is 0 Å². The second-order valence-electron chi connectivity index (χ2n) is 2.95. The SMILES string of the molecule is ClCCOCCOc1c(Cl)cc(Cl)c(Cl)c1Cl. The van der Waals surface area contributed by atoms with Gasteiger partial charge in [-0.05, 0) is 6.07 Å². The fraction of sp³-hybridized carbons (Fsp3) is 0.400. The summed E-state index contributed by atoms with van der Waals surface area (Å²) < 4.78 is 10.5. The monoisotopic (exact) mass is 336 g/mol. The average molecular weight is 338 g/mol. The third kappa shape index (κ3) is 4.55. The van der Waals surface area contributed by atoms with Crippen LogP contribution in [0.2, 0.25) is 20.1 Å². The summed E-state index contributed by atoms with van der Waals surface area (Å²) >= 11 is 29.0. The molecular formula is C10H9Cl5O2. The number of halogens is 5. The molecule has 0 saturated heterocycles. The highest BCUT2D eigenvalue weighted by atomic mass is 35.5. The van der Waals surface area contributed by atoms with Gasteiger partial charge in [-0.2, -0.15) is 0 Å². The zero-order chi connectivity index (χ0) is 12.8. The molecule has 0 heterocycles. The standard InChI is InChI=1S/C10H9Cl5O2/c11-1-2-16-3-4-17-10-7(13)5-6(12)8(14)9(10)15/h5H,1-4H2. The van der Waals surface area contributed by atoms with Gasteiger partial charge in [0.25, 0.3) is 0 Å². The van der Waals surface area contributed by atoms with Gasteiger partial charge in [-0.1, -0.05) is 46.4 Å². The van der Waals surface area contributed by atoms with Gasteiger partial charge in [-0.15, -0.1) is 11.6 Å². The Bertz CT molecular complexity index is 383. The average Bonchev–Trinajstić information content (AvgIpc) is 2.30.